The van der Waals surface area contributed by atoms with Gasteiger partial charge in [-0.25, -0.2) is 0 Å². The van der Waals surface area contributed by atoms with E-state index in [1.54, 1.807) is 11.8 Å². The Bertz CT molecular complexity index is 572. The minimum atomic E-state index is -0.0525. The van der Waals surface area contributed by atoms with Gasteiger partial charge in [0.05, 0.1) is 18.8 Å². The van der Waals surface area contributed by atoms with Crippen LogP contribution in [-0.2, 0) is 11.3 Å². The van der Waals surface area contributed by atoms with Crippen LogP contribution in [0.2, 0.25) is 0 Å². The summed E-state index contributed by atoms with van der Waals surface area (Å²) >= 11 is 1.57. The third-order valence-corrected chi connectivity index (χ3v) is 3.79. The van der Waals surface area contributed by atoms with E-state index in [4.69, 9.17) is 4.74 Å². The Morgan fingerprint density at radius 2 is 1.81 bits per heavy atom. The molecule has 2 aromatic carbocycles. The summed E-state index contributed by atoms with van der Waals surface area (Å²) in [4.78, 5) is 13.1. The zero-order valence-corrected chi connectivity index (χ0v) is 12.9. The minimum absolute atomic E-state index is 0.0525. The molecule has 0 aliphatic rings. The van der Waals surface area contributed by atoms with Crippen molar-refractivity contribution < 1.29 is 9.53 Å². The van der Waals surface area contributed by atoms with E-state index in [0.29, 0.717) is 25.3 Å². The molecule has 0 heterocycles. The summed E-state index contributed by atoms with van der Waals surface area (Å²) in [5.74, 6) is -0.0525. The van der Waals surface area contributed by atoms with Crippen molar-refractivity contribution in [2.24, 2.45) is 0 Å². The molecule has 0 saturated carbocycles. The number of benzene rings is 2. The van der Waals surface area contributed by atoms with Crippen molar-refractivity contribution >= 4 is 17.7 Å². The lowest BCUT2D eigenvalue weighted by molar-refractivity contribution is 0.0898. The van der Waals surface area contributed by atoms with Gasteiger partial charge in [0.25, 0.3) is 5.91 Å². The quantitative estimate of drug-likeness (QED) is 0.629. The summed E-state index contributed by atoms with van der Waals surface area (Å²) in [7, 11) is 0. The van der Waals surface area contributed by atoms with E-state index in [1.807, 2.05) is 60.9 Å². The maximum Gasteiger partial charge on any atom is 0.252 e. The number of carbonyl (C=O) groups excluding carboxylic acids is 1. The molecule has 1 amide bonds. The van der Waals surface area contributed by atoms with E-state index in [9.17, 15) is 4.79 Å². The van der Waals surface area contributed by atoms with Crippen LogP contribution in [0.4, 0.5) is 0 Å². The molecule has 0 radical (unpaired) electrons. The predicted molar refractivity (Wildman–Crippen MR) is 86.7 cm³/mol. The van der Waals surface area contributed by atoms with Gasteiger partial charge >= 0.3 is 0 Å². The van der Waals surface area contributed by atoms with Crippen LogP contribution in [0.25, 0.3) is 0 Å². The topological polar surface area (TPSA) is 38.3 Å². The van der Waals surface area contributed by atoms with Crippen LogP contribution in [0.15, 0.2) is 59.5 Å². The Kier molecular flexibility index (Phi) is 6.31. The average molecular weight is 301 g/mol. The first kappa shape index (κ1) is 15.6. The van der Waals surface area contributed by atoms with E-state index in [1.165, 1.54) is 0 Å². The van der Waals surface area contributed by atoms with Crippen molar-refractivity contribution in [3.63, 3.8) is 0 Å². The summed E-state index contributed by atoms with van der Waals surface area (Å²) < 4.78 is 5.54. The Hall–Kier alpha value is -1.78. The van der Waals surface area contributed by atoms with Crippen LogP contribution in [-0.4, -0.2) is 25.3 Å². The van der Waals surface area contributed by atoms with Gasteiger partial charge in [0.1, 0.15) is 0 Å². The molecule has 2 aromatic rings. The predicted octanol–water partition coefficient (Wildman–Crippen LogP) is 3.36. The van der Waals surface area contributed by atoms with E-state index < -0.39 is 0 Å². The highest BCUT2D eigenvalue weighted by Gasteiger charge is 2.09. The minimum Gasteiger partial charge on any atom is -0.375 e. The number of amides is 1. The maximum absolute atomic E-state index is 12.1. The Balaban J connectivity index is 1.72. The van der Waals surface area contributed by atoms with E-state index >= 15 is 0 Å². The molecule has 1 N–H and O–H groups in total. The summed E-state index contributed by atoms with van der Waals surface area (Å²) in [6.45, 7) is 1.58. The second-order valence-electron chi connectivity index (χ2n) is 4.49. The fourth-order valence-electron chi connectivity index (χ4n) is 1.93. The second-order valence-corrected chi connectivity index (χ2v) is 5.34. The van der Waals surface area contributed by atoms with E-state index in [0.717, 1.165) is 10.5 Å². The first-order valence-electron chi connectivity index (χ1n) is 6.84. The number of thioether (sulfide) groups is 1. The van der Waals surface area contributed by atoms with Gasteiger partial charge < -0.3 is 10.1 Å². The highest BCUT2D eigenvalue weighted by molar-refractivity contribution is 7.98. The second kappa shape index (κ2) is 8.49. The average Bonchev–Trinajstić information content (AvgIpc) is 2.55. The summed E-state index contributed by atoms with van der Waals surface area (Å²) in [6.07, 6.45) is 1.97. The van der Waals surface area contributed by atoms with Gasteiger partial charge in [-0.05, 0) is 24.0 Å². The van der Waals surface area contributed by atoms with Crippen molar-refractivity contribution in [2.75, 3.05) is 19.4 Å². The SMILES string of the molecule is CSc1ccccc1C(=O)NCCOCc1ccccc1. The van der Waals surface area contributed by atoms with Crippen molar-refractivity contribution in [1.29, 1.82) is 0 Å². The first-order chi connectivity index (χ1) is 10.3. The molecule has 4 heteroatoms. The summed E-state index contributed by atoms with van der Waals surface area (Å²) in [6, 6.07) is 17.6. The molecule has 21 heavy (non-hydrogen) atoms. The highest BCUT2D eigenvalue weighted by atomic mass is 32.2. The van der Waals surface area contributed by atoms with Crippen molar-refractivity contribution in [1.82, 2.24) is 5.32 Å². The highest BCUT2D eigenvalue weighted by Crippen LogP contribution is 2.19. The van der Waals surface area contributed by atoms with Gasteiger partial charge in [0, 0.05) is 11.4 Å². The lowest BCUT2D eigenvalue weighted by Gasteiger charge is -2.09. The molecule has 2 rings (SSSR count). The lowest BCUT2D eigenvalue weighted by Crippen LogP contribution is -2.27. The molecule has 0 aliphatic heterocycles. The van der Waals surface area contributed by atoms with Gasteiger partial charge in [-0.1, -0.05) is 42.5 Å². The number of hydrogen-bond donors (Lipinski definition) is 1. The molecular weight excluding hydrogens is 282 g/mol. The zero-order valence-electron chi connectivity index (χ0n) is 12.0. The Morgan fingerprint density at radius 1 is 1.10 bits per heavy atom. The number of rotatable bonds is 7. The molecule has 0 fully saturated rings. The molecule has 0 saturated heterocycles. The smallest absolute Gasteiger partial charge is 0.252 e. The van der Waals surface area contributed by atoms with Crippen molar-refractivity contribution in [3.05, 3.63) is 65.7 Å². The van der Waals surface area contributed by atoms with Gasteiger partial charge in [0.2, 0.25) is 0 Å². The molecule has 0 aromatic heterocycles. The van der Waals surface area contributed by atoms with Crippen molar-refractivity contribution in [3.8, 4) is 0 Å². The summed E-state index contributed by atoms with van der Waals surface area (Å²) in [5.41, 5.74) is 1.85. The fourth-order valence-corrected chi connectivity index (χ4v) is 2.52. The first-order valence-corrected chi connectivity index (χ1v) is 8.06. The van der Waals surface area contributed by atoms with Gasteiger partial charge in [-0.3, -0.25) is 4.79 Å². The molecule has 0 atom stereocenters. The molecule has 0 unspecified atom stereocenters. The third kappa shape index (κ3) is 4.92. The fraction of sp³-hybridized carbons (Fsp3) is 0.235. The lowest BCUT2D eigenvalue weighted by atomic mass is 10.2. The largest absolute Gasteiger partial charge is 0.375 e. The molecular formula is C17H19NO2S. The molecule has 0 bridgehead atoms. The molecule has 3 nitrogen and oxygen atoms in total. The van der Waals surface area contributed by atoms with Crippen LogP contribution in [0.3, 0.4) is 0 Å². The third-order valence-electron chi connectivity index (χ3n) is 3.00. The van der Waals surface area contributed by atoms with Gasteiger partial charge in [-0.15, -0.1) is 11.8 Å². The normalized spacial score (nSPS) is 10.3. The summed E-state index contributed by atoms with van der Waals surface area (Å²) in [5, 5.41) is 2.88. The number of hydrogen-bond acceptors (Lipinski definition) is 3. The van der Waals surface area contributed by atoms with Crippen LogP contribution >= 0.6 is 11.8 Å². The standard InChI is InChI=1S/C17H19NO2S/c1-21-16-10-6-5-9-15(16)17(19)18-11-12-20-13-14-7-3-2-4-8-14/h2-10H,11-13H2,1H3,(H,18,19). The number of ether oxygens (including phenoxy) is 1. The maximum atomic E-state index is 12.1. The van der Waals surface area contributed by atoms with E-state index in [-0.39, 0.29) is 5.91 Å². The zero-order chi connectivity index (χ0) is 14.9. The van der Waals surface area contributed by atoms with Crippen LogP contribution < -0.4 is 5.32 Å². The van der Waals surface area contributed by atoms with Crippen LogP contribution in [0, 0.1) is 0 Å². The van der Waals surface area contributed by atoms with Crippen LogP contribution in [0.1, 0.15) is 15.9 Å². The van der Waals surface area contributed by atoms with E-state index in [2.05, 4.69) is 5.32 Å². The van der Waals surface area contributed by atoms with Gasteiger partial charge in [-0.2, -0.15) is 0 Å². The number of carbonyl (C=O) groups is 1. The Morgan fingerprint density at radius 3 is 2.57 bits per heavy atom. The molecule has 0 aliphatic carbocycles. The molecule has 0 spiro atoms. The van der Waals surface area contributed by atoms with Crippen molar-refractivity contribution in [2.45, 2.75) is 11.5 Å². The Labute approximate surface area is 129 Å². The molecule has 110 valence electrons. The monoisotopic (exact) mass is 301 g/mol. The van der Waals surface area contributed by atoms with Crippen LogP contribution in [0.5, 0.6) is 0 Å². The van der Waals surface area contributed by atoms with Gasteiger partial charge in [0.15, 0.2) is 0 Å². The number of nitrogens with one attached hydrogen (secondary N) is 1.